The van der Waals surface area contributed by atoms with Crippen molar-refractivity contribution in [2.45, 2.75) is 37.4 Å². The Balaban J connectivity index is 1.64. The molecule has 27 heavy (non-hydrogen) atoms. The number of hydrogen-bond acceptors (Lipinski definition) is 11. The molecule has 2 aromatic heterocycles. The van der Waals surface area contributed by atoms with E-state index < -0.39 is 37.1 Å². The van der Waals surface area contributed by atoms with Gasteiger partial charge in [-0.1, -0.05) is 34.3 Å². The lowest BCUT2D eigenvalue weighted by molar-refractivity contribution is -0.225. The first-order valence-corrected chi connectivity index (χ1v) is 10.0. The van der Waals surface area contributed by atoms with Gasteiger partial charge in [0.15, 0.2) is 9.60 Å². The summed E-state index contributed by atoms with van der Waals surface area (Å²) in [4.78, 5) is 21.5. The van der Waals surface area contributed by atoms with Crippen LogP contribution in [-0.4, -0.2) is 79.8 Å². The largest absolute Gasteiger partial charge is 0.394 e. The molecule has 0 aromatic carbocycles. The van der Waals surface area contributed by atoms with Crippen LogP contribution in [0.5, 0.6) is 0 Å². The summed E-state index contributed by atoms with van der Waals surface area (Å²) in [6.07, 6.45) is -4.59. The van der Waals surface area contributed by atoms with Crippen LogP contribution in [0.4, 0.5) is 5.13 Å². The maximum Gasteiger partial charge on any atom is 0.216 e. The summed E-state index contributed by atoms with van der Waals surface area (Å²) in [5.74, 6) is -0.227. The molecule has 0 saturated carbocycles. The number of aliphatic hydroxyl groups excluding tert-OH is 4. The van der Waals surface area contributed by atoms with E-state index in [0.717, 1.165) is 22.7 Å². The normalized spacial score (nSPS) is 28.3. The van der Waals surface area contributed by atoms with Crippen molar-refractivity contribution < 1.29 is 30.0 Å². The van der Waals surface area contributed by atoms with Crippen LogP contribution in [0.3, 0.4) is 0 Å². The maximum absolute atomic E-state index is 12.5. The fourth-order valence-corrected chi connectivity index (χ4v) is 4.62. The van der Waals surface area contributed by atoms with Crippen molar-refractivity contribution in [3.8, 4) is 0 Å². The monoisotopic (exact) mass is 435 g/mol. The van der Waals surface area contributed by atoms with Crippen LogP contribution < -0.4 is 5.32 Å². The molecule has 1 aliphatic heterocycles. The molecule has 1 aliphatic rings. The molecule has 1 saturated heterocycles. The van der Waals surface area contributed by atoms with Crippen LogP contribution in [0.25, 0.3) is 0 Å². The molecule has 9 nitrogen and oxygen atoms in total. The van der Waals surface area contributed by atoms with Gasteiger partial charge in [-0.2, -0.15) is 0 Å². The van der Waals surface area contributed by atoms with Crippen molar-refractivity contribution in [3.63, 3.8) is 0 Å². The number of nitrogens with zero attached hydrogens (tertiary/aromatic N) is 2. The fourth-order valence-electron chi connectivity index (χ4n) is 2.68. The number of aryl methyl sites for hydroxylation is 1. The molecular weight excluding hydrogens is 418 g/mol. The minimum absolute atomic E-state index is 0.0635. The topological polar surface area (TPSA) is 145 Å². The summed E-state index contributed by atoms with van der Waals surface area (Å²) < 4.78 is 5.70. The molecule has 2 aromatic rings. The van der Waals surface area contributed by atoms with Gasteiger partial charge in [0.05, 0.1) is 23.4 Å². The number of aromatic nitrogens is 2. The number of ether oxygens (including phenoxy) is 1. The highest BCUT2D eigenvalue weighted by molar-refractivity contribution is 7.20. The number of hydrogen-bond donors (Lipinski definition) is 5. The third kappa shape index (κ3) is 4.30. The molecule has 0 aliphatic carbocycles. The van der Waals surface area contributed by atoms with E-state index in [-0.39, 0.29) is 12.3 Å². The van der Waals surface area contributed by atoms with E-state index in [9.17, 15) is 25.2 Å². The number of aliphatic hydroxyl groups is 4. The fraction of sp³-hybridized carbons (Fsp3) is 0.533. The first-order valence-electron chi connectivity index (χ1n) is 7.99. The van der Waals surface area contributed by atoms with Crippen molar-refractivity contribution >= 4 is 45.2 Å². The molecule has 1 fully saturated rings. The molecule has 0 spiro atoms. The molecule has 5 unspecified atom stereocenters. The Labute approximate surface area is 167 Å². The Morgan fingerprint density at radius 2 is 1.96 bits per heavy atom. The third-order valence-corrected chi connectivity index (χ3v) is 6.37. The molecule has 5 N–H and O–H groups in total. The van der Waals surface area contributed by atoms with Gasteiger partial charge in [-0.3, -0.25) is 4.79 Å². The number of carbonyl (C=O) groups is 1. The van der Waals surface area contributed by atoms with E-state index in [1.54, 1.807) is 6.92 Å². The van der Waals surface area contributed by atoms with Crippen LogP contribution in [-0.2, 0) is 4.74 Å². The first kappa shape index (κ1) is 20.6. The summed E-state index contributed by atoms with van der Waals surface area (Å²) in [5.41, 5.74) is 0.555. The Bertz CT molecular complexity index is 813. The van der Waals surface area contributed by atoms with Gasteiger partial charge in [0.2, 0.25) is 5.78 Å². The lowest BCUT2D eigenvalue weighted by Crippen LogP contribution is -2.60. The van der Waals surface area contributed by atoms with Gasteiger partial charge in [-0.15, -0.1) is 0 Å². The number of rotatable bonds is 6. The predicted molar refractivity (Wildman–Crippen MR) is 99.7 cm³/mol. The number of anilines is 1. The van der Waals surface area contributed by atoms with Crippen molar-refractivity contribution in [2.24, 2.45) is 0 Å². The number of carbonyl (C=O) groups excluding carboxylic acids is 1. The Hall–Kier alpha value is -1.18. The van der Waals surface area contributed by atoms with Crippen molar-refractivity contribution in [3.05, 3.63) is 26.1 Å². The van der Waals surface area contributed by atoms with E-state index >= 15 is 0 Å². The van der Waals surface area contributed by atoms with E-state index in [2.05, 4.69) is 15.3 Å². The standard InChI is InChI=1S/C15H18ClN3O6S2/c1-5-13(27-14(16)19-5)11(23)8-3-18-15(26-8)17-2-6-9(21)12(24)10(22)7(4-20)25-6/h3,6-7,9-10,12,20-22,24H,2,4H2,1H3,(H,17,18). The number of thiazole rings is 2. The highest BCUT2D eigenvalue weighted by Gasteiger charge is 2.43. The van der Waals surface area contributed by atoms with E-state index in [1.807, 2.05) is 0 Å². The van der Waals surface area contributed by atoms with Gasteiger partial charge in [0, 0.05) is 6.54 Å². The Kier molecular flexibility index (Phi) is 6.43. The van der Waals surface area contributed by atoms with E-state index in [4.69, 9.17) is 16.3 Å². The lowest BCUT2D eigenvalue weighted by Gasteiger charge is -2.40. The number of nitrogens with one attached hydrogen (secondary N) is 1. The molecule has 0 radical (unpaired) electrons. The summed E-state index contributed by atoms with van der Waals surface area (Å²) in [6.45, 7) is 1.27. The van der Waals surface area contributed by atoms with Crippen LogP contribution >= 0.6 is 34.3 Å². The highest BCUT2D eigenvalue weighted by Crippen LogP contribution is 2.28. The summed E-state index contributed by atoms with van der Waals surface area (Å²) in [5, 5.41) is 42.2. The minimum atomic E-state index is -1.44. The summed E-state index contributed by atoms with van der Waals surface area (Å²) in [7, 11) is 0. The molecule has 3 heterocycles. The number of halogens is 1. The van der Waals surface area contributed by atoms with Gasteiger partial charge in [-0.25, -0.2) is 9.97 Å². The lowest BCUT2D eigenvalue weighted by atomic mass is 9.95. The summed E-state index contributed by atoms with van der Waals surface area (Å²) >= 11 is 8.05. The Morgan fingerprint density at radius 3 is 2.59 bits per heavy atom. The first-order chi connectivity index (χ1) is 12.8. The minimum Gasteiger partial charge on any atom is -0.394 e. The highest BCUT2D eigenvalue weighted by atomic mass is 35.5. The molecule has 148 valence electrons. The zero-order chi connectivity index (χ0) is 19.7. The van der Waals surface area contributed by atoms with Crippen molar-refractivity contribution in [1.29, 1.82) is 0 Å². The van der Waals surface area contributed by atoms with Crippen molar-refractivity contribution in [1.82, 2.24) is 9.97 Å². The quantitative estimate of drug-likeness (QED) is 0.397. The second kappa shape index (κ2) is 8.45. The molecule has 12 heteroatoms. The Morgan fingerprint density at radius 1 is 1.26 bits per heavy atom. The second-order valence-corrected chi connectivity index (χ2v) is 8.60. The zero-order valence-electron chi connectivity index (χ0n) is 14.1. The zero-order valence-corrected chi connectivity index (χ0v) is 16.5. The van der Waals surface area contributed by atoms with Crippen LogP contribution in [0.2, 0.25) is 4.47 Å². The van der Waals surface area contributed by atoms with Gasteiger partial charge in [0.1, 0.15) is 35.4 Å². The molecule has 5 atom stereocenters. The average Bonchev–Trinajstić information content (AvgIpc) is 3.24. The number of ketones is 1. The molecule has 0 amide bonds. The predicted octanol–water partition coefficient (Wildman–Crippen LogP) is 0.0467. The van der Waals surface area contributed by atoms with Gasteiger partial charge >= 0.3 is 0 Å². The van der Waals surface area contributed by atoms with Crippen LogP contribution in [0.1, 0.15) is 20.2 Å². The van der Waals surface area contributed by atoms with Crippen molar-refractivity contribution in [2.75, 3.05) is 18.5 Å². The van der Waals surface area contributed by atoms with E-state index in [0.29, 0.717) is 25.0 Å². The molecule has 3 rings (SSSR count). The van der Waals surface area contributed by atoms with Crippen LogP contribution in [0, 0.1) is 6.92 Å². The molecule has 0 bridgehead atoms. The van der Waals surface area contributed by atoms with Crippen LogP contribution in [0.15, 0.2) is 6.20 Å². The third-order valence-electron chi connectivity index (χ3n) is 4.15. The van der Waals surface area contributed by atoms with Gasteiger partial charge in [0.25, 0.3) is 0 Å². The van der Waals surface area contributed by atoms with Gasteiger partial charge in [-0.05, 0) is 6.92 Å². The SMILES string of the molecule is Cc1nc(Cl)sc1C(=O)c1cnc(NCC2OC(CO)C(O)C(O)C2O)s1. The summed E-state index contributed by atoms with van der Waals surface area (Å²) in [6, 6.07) is 0. The van der Waals surface area contributed by atoms with Gasteiger partial charge < -0.3 is 30.5 Å². The smallest absolute Gasteiger partial charge is 0.216 e. The van der Waals surface area contributed by atoms with E-state index in [1.165, 1.54) is 6.20 Å². The molecular formula is C15H18ClN3O6S2. The second-order valence-electron chi connectivity index (χ2n) is 5.99. The maximum atomic E-state index is 12.5. The average molecular weight is 436 g/mol.